The number of rotatable bonds is 2. The van der Waals surface area contributed by atoms with E-state index < -0.39 is 0 Å². The highest BCUT2D eigenvalue weighted by molar-refractivity contribution is 4.77. The van der Waals surface area contributed by atoms with Crippen LogP contribution >= 0.6 is 0 Å². The van der Waals surface area contributed by atoms with E-state index in [9.17, 15) is 0 Å². The van der Waals surface area contributed by atoms with E-state index in [1.165, 1.54) is 5.06 Å². The van der Waals surface area contributed by atoms with Crippen LogP contribution in [0.3, 0.4) is 0 Å². The molecule has 2 rings (SSSR count). The van der Waals surface area contributed by atoms with Gasteiger partial charge in [-0.1, -0.05) is 0 Å². The molecule has 2 aliphatic heterocycles. The Hall–Kier alpha value is -0.160. The first-order valence-corrected chi connectivity index (χ1v) is 4.58. The number of nitrogens with zero attached hydrogens (tertiary/aromatic N) is 2. The third-order valence-electron chi connectivity index (χ3n) is 2.56. The zero-order chi connectivity index (χ0) is 8.39. The van der Waals surface area contributed by atoms with Crippen LogP contribution in [0.2, 0.25) is 0 Å². The third kappa shape index (κ3) is 1.95. The molecule has 0 aromatic heterocycles. The van der Waals surface area contributed by atoms with Gasteiger partial charge in [0.2, 0.25) is 0 Å². The Labute approximate surface area is 72.7 Å². The zero-order valence-corrected chi connectivity index (χ0v) is 7.28. The maximum atomic E-state index is 8.94. The number of morpholine rings is 1. The van der Waals surface area contributed by atoms with Crippen molar-refractivity contribution in [2.75, 3.05) is 45.9 Å². The van der Waals surface area contributed by atoms with Crippen molar-refractivity contribution in [3.05, 3.63) is 0 Å². The Morgan fingerprint density at radius 2 is 1.92 bits per heavy atom. The summed E-state index contributed by atoms with van der Waals surface area (Å²) in [6.45, 7) is 6.67. The van der Waals surface area contributed by atoms with Gasteiger partial charge in [0.15, 0.2) is 0 Å². The van der Waals surface area contributed by atoms with Gasteiger partial charge in [-0.2, -0.15) is 5.06 Å². The maximum Gasteiger partial charge on any atom is 0.0594 e. The summed E-state index contributed by atoms with van der Waals surface area (Å²) in [7, 11) is 0. The summed E-state index contributed by atoms with van der Waals surface area (Å²) in [5, 5.41) is 10.3. The van der Waals surface area contributed by atoms with E-state index in [1.807, 2.05) is 0 Å². The molecule has 0 aromatic carbocycles. The lowest BCUT2D eigenvalue weighted by Crippen LogP contribution is -2.51. The molecule has 4 heteroatoms. The molecule has 2 heterocycles. The summed E-state index contributed by atoms with van der Waals surface area (Å²) in [5.74, 6) is 0.674. The molecule has 0 aliphatic carbocycles. The van der Waals surface area contributed by atoms with Gasteiger partial charge in [-0.05, 0) is 0 Å². The molecule has 70 valence electrons. The summed E-state index contributed by atoms with van der Waals surface area (Å²) in [6.07, 6.45) is 0. The Kier molecular flexibility index (Phi) is 2.60. The molecule has 0 spiro atoms. The predicted octanol–water partition coefficient (Wildman–Crippen LogP) is -0.360. The van der Waals surface area contributed by atoms with Crippen molar-refractivity contribution in [3.63, 3.8) is 0 Å². The fourth-order valence-corrected chi connectivity index (χ4v) is 1.81. The van der Waals surface area contributed by atoms with Gasteiger partial charge in [0.05, 0.1) is 13.2 Å². The lowest BCUT2D eigenvalue weighted by atomic mass is 10.0. The van der Waals surface area contributed by atoms with E-state index in [0.29, 0.717) is 5.92 Å². The van der Waals surface area contributed by atoms with Crippen LogP contribution < -0.4 is 0 Å². The first-order valence-electron chi connectivity index (χ1n) is 4.58. The van der Waals surface area contributed by atoms with Gasteiger partial charge in [0, 0.05) is 38.6 Å². The molecule has 2 saturated heterocycles. The average molecular weight is 172 g/mol. The summed E-state index contributed by atoms with van der Waals surface area (Å²) < 4.78 is 5.25. The summed E-state index contributed by atoms with van der Waals surface area (Å²) in [5.41, 5.74) is 0. The van der Waals surface area contributed by atoms with Crippen LogP contribution in [0.4, 0.5) is 0 Å². The summed E-state index contributed by atoms with van der Waals surface area (Å²) in [4.78, 5) is 2.42. The molecular weight excluding hydrogens is 156 g/mol. The van der Waals surface area contributed by atoms with E-state index in [4.69, 9.17) is 9.94 Å². The van der Waals surface area contributed by atoms with Crippen molar-refractivity contribution in [2.24, 2.45) is 5.92 Å². The lowest BCUT2D eigenvalue weighted by molar-refractivity contribution is -0.173. The van der Waals surface area contributed by atoms with Gasteiger partial charge < -0.3 is 9.94 Å². The Balaban J connectivity index is 1.65. The maximum absolute atomic E-state index is 8.94. The number of hydroxylamine groups is 2. The molecule has 2 fully saturated rings. The first kappa shape index (κ1) is 8.44. The second kappa shape index (κ2) is 3.70. The molecule has 0 unspecified atom stereocenters. The van der Waals surface area contributed by atoms with Crippen molar-refractivity contribution in [1.29, 1.82) is 0 Å². The predicted molar refractivity (Wildman–Crippen MR) is 44.1 cm³/mol. The van der Waals surface area contributed by atoms with Gasteiger partial charge >= 0.3 is 0 Å². The smallest absolute Gasteiger partial charge is 0.0594 e. The van der Waals surface area contributed by atoms with E-state index >= 15 is 0 Å². The molecule has 0 radical (unpaired) electrons. The van der Waals surface area contributed by atoms with Crippen molar-refractivity contribution in [1.82, 2.24) is 9.96 Å². The van der Waals surface area contributed by atoms with Crippen LogP contribution in [-0.2, 0) is 4.74 Å². The summed E-state index contributed by atoms with van der Waals surface area (Å²) in [6, 6.07) is 0. The number of ether oxygens (including phenoxy) is 1. The molecule has 0 aromatic rings. The van der Waals surface area contributed by atoms with E-state index in [-0.39, 0.29) is 0 Å². The highest BCUT2D eigenvalue weighted by atomic mass is 16.5. The van der Waals surface area contributed by atoms with Crippen LogP contribution in [0.25, 0.3) is 0 Å². The second-order valence-electron chi connectivity index (χ2n) is 3.65. The van der Waals surface area contributed by atoms with Crippen LogP contribution in [0.15, 0.2) is 0 Å². The average Bonchev–Trinajstić information content (AvgIpc) is 2.04. The molecule has 0 bridgehead atoms. The highest BCUT2D eigenvalue weighted by Gasteiger charge is 2.27. The molecule has 0 atom stereocenters. The van der Waals surface area contributed by atoms with Crippen molar-refractivity contribution >= 4 is 0 Å². The van der Waals surface area contributed by atoms with Gasteiger partial charge in [0.25, 0.3) is 0 Å². The van der Waals surface area contributed by atoms with Crippen LogP contribution in [0, 0.1) is 5.92 Å². The van der Waals surface area contributed by atoms with E-state index in [1.54, 1.807) is 0 Å². The minimum atomic E-state index is 0.674. The largest absolute Gasteiger partial charge is 0.379 e. The third-order valence-corrected chi connectivity index (χ3v) is 2.56. The van der Waals surface area contributed by atoms with Crippen molar-refractivity contribution in [2.45, 2.75) is 0 Å². The Bertz CT molecular complexity index is 142. The van der Waals surface area contributed by atoms with Gasteiger partial charge in [-0.3, -0.25) is 4.90 Å². The van der Waals surface area contributed by atoms with Gasteiger partial charge in [-0.25, -0.2) is 0 Å². The van der Waals surface area contributed by atoms with Crippen molar-refractivity contribution in [3.8, 4) is 0 Å². The van der Waals surface area contributed by atoms with Gasteiger partial charge in [0.1, 0.15) is 0 Å². The van der Waals surface area contributed by atoms with Crippen LogP contribution in [-0.4, -0.2) is 61.1 Å². The molecule has 2 aliphatic rings. The zero-order valence-electron chi connectivity index (χ0n) is 7.28. The Morgan fingerprint density at radius 1 is 1.25 bits per heavy atom. The van der Waals surface area contributed by atoms with Gasteiger partial charge in [-0.15, -0.1) is 0 Å². The van der Waals surface area contributed by atoms with E-state index in [0.717, 1.165) is 45.9 Å². The lowest BCUT2D eigenvalue weighted by Gasteiger charge is -2.38. The van der Waals surface area contributed by atoms with Crippen molar-refractivity contribution < 1.29 is 9.94 Å². The molecule has 0 amide bonds. The molecular formula is C8H16N2O2. The first-order chi connectivity index (χ1) is 5.84. The monoisotopic (exact) mass is 172 g/mol. The molecule has 12 heavy (non-hydrogen) atoms. The molecule has 4 nitrogen and oxygen atoms in total. The molecule has 0 saturated carbocycles. The van der Waals surface area contributed by atoms with E-state index in [2.05, 4.69) is 4.90 Å². The summed E-state index contributed by atoms with van der Waals surface area (Å²) >= 11 is 0. The van der Waals surface area contributed by atoms with Crippen LogP contribution in [0.1, 0.15) is 0 Å². The second-order valence-corrected chi connectivity index (χ2v) is 3.65. The standard InChI is InChI=1S/C8H16N2O2/c11-10-6-8(7-10)5-9-1-3-12-4-2-9/h8,11H,1-7H2. The minimum Gasteiger partial charge on any atom is -0.379 e. The topological polar surface area (TPSA) is 35.9 Å². The minimum absolute atomic E-state index is 0.674. The quantitative estimate of drug-likeness (QED) is 0.617. The fraction of sp³-hybridized carbons (Fsp3) is 1.00. The number of hydrogen-bond donors (Lipinski definition) is 1. The fourth-order valence-electron chi connectivity index (χ4n) is 1.81. The SMILES string of the molecule is ON1CC(CN2CCOCC2)C1. The highest BCUT2D eigenvalue weighted by Crippen LogP contribution is 2.14. The normalized spacial score (nSPS) is 28.8. The van der Waals surface area contributed by atoms with Crippen LogP contribution in [0.5, 0.6) is 0 Å². The number of hydrogen-bond acceptors (Lipinski definition) is 4. The Morgan fingerprint density at radius 3 is 2.50 bits per heavy atom. The molecule has 1 N–H and O–H groups in total.